The fraction of sp³-hybridized carbons (Fsp3) is 0.167. The van der Waals surface area contributed by atoms with Gasteiger partial charge in [0.15, 0.2) is 0 Å². The van der Waals surface area contributed by atoms with Crippen molar-refractivity contribution in [1.29, 1.82) is 0 Å². The molecule has 1 amide bonds. The van der Waals surface area contributed by atoms with Crippen LogP contribution in [0.15, 0.2) is 24.5 Å². The molecular formula is C6H8N2O2. The van der Waals surface area contributed by atoms with Gasteiger partial charge in [0, 0.05) is 19.4 Å². The minimum absolute atomic E-state index is 0.476. The molecule has 0 aliphatic heterocycles. The standard InChI is InChI=1S/C6H8N2O2/c1-7-6(9)10-8-4-2-3-5-8/h2-5H,1H3,(H,7,9). The first kappa shape index (κ1) is 6.67. The summed E-state index contributed by atoms with van der Waals surface area (Å²) in [6.45, 7) is 0. The molecule has 0 aromatic carbocycles. The summed E-state index contributed by atoms with van der Waals surface area (Å²) in [5.74, 6) is 0. The third-order valence-electron chi connectivity index (χ3n) is 0.970. The van der Waals surface area contributed by atoms with E-state index in [-0.39, 0.29) is 0 Å². The summed E-state index contributed by atoms with van der Waals surface area (Å²) in [4.78, 5) is 15.2. The highest BCUT2D eigenvalue weighted by Gasteiger charge is 1.95. The van der Waals surface area contributed by atoms with Crippen molar-refractivity contribution in [3.63, 3.8) is 0 Å². The van der Waals surface area contributed by atoms with Gasteiger partial charge in [-0.1, -0.05) is 0 Å². The molecule has 10 heavy (non-hydrogen) atoms. The molecule has 4 nitrogen and oxygen atoms in total. The van der Waals surface area contributed by atoms with E-state index in [1.807, 2.05) is 0 Å². The molecule has 1 heterocycles. The van der Waals surface area contributed by atoms with Crippen molar-refractivity contribution >= 4 is 6.09 Å². The fourth-order valence-electron chi connectivity index (χ4n) is 0.521. The van der Waals surface area contributed by atoms with Crippen molar-refractivity contribution in [2.24, 2.45) is 0 Å². The van der Waals surface area contributed by atoms with Gasteiger partial charge in [-0.05, 0) is 12.1 Å². The lowest BCUT2D eigenvalue weighted by Crippen LogP contribution is -2.28. The largest absolute Gasteiger partial charge is 0.431 e. The van der Waals surface area contributed by atoms with Gasteiger partial charge in [0.2, 0.25) is 0 Å². The zero-order valence-corrected chi connectivity index (χ0v) is 5.57. The molecule has 1 aromatic rings. The number of hydrogen-bond donors (Lipinski definition) is 1. The summed E-state index contributed by atoms with van der Waals surface area (Å²) in [5.41, 5.74) is 0. The van der Waals surface area contributed by atoms with Crippen LogP contribution in [0.3, 0.4) is 0 Å². The maximum atomic E-state index is 10.5. The predicted molar refractivity (Wildman–Crippen MR) is 35.5 cm³/mol. The maximum absolute atomic E-state index is 10.5. The Balaban J connectivity index is 2.48. The van der Waals surface area contributed by atoms with Crippen LogP contribution in [0.4, 0.5) is 4.79 Å². The van der Waals surface area contributed by atoms with Gasteiger partial charge in [-0.3, -0.25) is 0 Å². The fourth-order valence-corrected chi connectivity index (χ4v) is 0.521. The molecule has 0 aliphatic carbocycles. The van der Waals surface area contributed by atoms with E-state index in [4.69, 9.17) is 0 Å². The van der Waals surface area contributed by atoms with Crippen LogP contribution in [0.25, 0.3) is 0 Å². The SMILES string of the molecule is CNC(=O)On1cccc1. The van der Waals surface area contributed by atoms with E-state index in [0.29, 0.717) is 0 Å². The van der Waals surface area contributed by atoms with Crippen molar-refractivity contribution in [1.82, 2.24) is 10.0 Å². The number of carbonyl (C=O) groups excluding carboxylic acids is 1. The topological polar surface area (TPSA) is 43.3 Å². The second-order valence-corrected chi connectivity index (χ2v) is 1.67. The summed E-state index contributed by atoms with van der Waals surface area (Å²) in [5, 5.41) is 2.32. The average Bonchev–Trinajstić information content (AvgIpc) is 2.40. The number of carbonyl (C=O) groups is 1. The van der Waals surface area contributed by atoms with E-state index in [1.165, 1.54) is 11.8 Å². The lowest BCUT2D eigenvalue weighted by Gasteiger charge is -2.00. The van der Waals surface area contributed by atoms with Gasteiger partial charge in [0.25, 0.3) is 0 Å². The van der Waals surface area contributed by atoms with Crippen LogP contribution < -0.4 is 10.2 Å². The number of amides is 1. The van der Waals surface area contributed by atoms with Crippen molar-refractivity contribution in [3.05, 3.63) is 24.5 Å². The van der Waals surface area contributed by atoms with Gasteiger partial charge < -0.3 is 10.2 Å². The smallest absolute Gasteiger partial charge is 0.323 e. The molecule has 4 heteroatoms. The monoisotopic (exact) mass is 140 g/mol. The molecule has 0 bridgehead atoms. The van der Waals surface area contributed by atoms with Gasteiger partial charge in [-0.15, -0.1) is 0 Å². The molecule has 1 rings (SSSR count). The Morgan fingerprint density at radius 3 is 2.60 bits per heavy atom. The van der Waals surface area contributed by atoms with Gasteiger partial charge in [-0.25, -0.2) is 4.79 Å². The van der Waals surface area contributed by atoms with Gasteiger partial charge >= 0.3 is 6.09 Å². The molecule has 0 atom stereocenters. The maximum Gasteiger partial charge on any atom is 0.431 e. The van der Waals surface area contributed by atoms with Gasteiger partial charge in [-0.2, -0.15) is 4.73 Å². The molecule has 0 saturated carbocycles. The number of nitrogens with one attached hydrogen (secondary N) is 1. The van der Waals surface area contributed by atoms with Crippen LogP contribution in [0.2, 0.25) is 0 Å². The highest BCUT2D eigenvalue weighted by atomic mass is 16.7. The zero-order chi connectivity index (χ0) is 7.40. The first-order valence-corrected chi connectivity index (χ1v) is 2.86. The molecule has 0 fully saturated rings. The van der Waals surface area contributed by atoms with Gasteiger partial charge in [0.05, 0.1) is 0 Å². The molecule has 0 aliphatic rings. The molecule has 0 unspecified atom stereocenters. The Morgan fingerprint density at radius 2 is 2.10 bits per heavy atom. The summed E-state index contributed by atoms with van der Waals surface area (Å²) in [6.07, 6.45) is 2.79. The highest BCUT2D eigenvalue weighted by Crippen LogP contribution is 1.84. The average molecular weight is 140 g/mol. The number of aromatic nitrogens is 1. The molecule has 0 spiro atoms. The molecular weight excluding hydrogens is 132 g/mol. The second-order valence-electron chi connectivity index (χ2n) is 1.67. The van der Waals surface area contributed by atoms with E-state index < -0.39 is 6.09 Å². The highest BCUT2D eigenvalue weighted by molar-refractivity contribution is 5.66. The van der Waals surface area contributed by atoms with Crippen molar-refractivity contribution in [2.75, 3.05) is 7.05 Å². The van der Waals surface area contributed by atoms with Gasteiger partial charge in [0.1, 0.15) is 0 Å². The van der Waals surface area contributed by atoms with Crippen LogP contribution >= 0.6 is 0 Å². The van der Waals surface area contributed by atoms with E-state index in [2.05, 4.69) is 10.2 Å². The van der Waals surface area contributed by atoms with Crippen LogP contribution in [0, 0.1) is 0 Å². The molecule has 54 valence electrons. The summed E-state index contributed by atoms with van der Waals surface area (Å²) < 4.78 is 1.32. The van der Waals surface area contributed by atoms with E-state index >= 15 is 0 Å². The Bertz CT molecular complexity index is 206. The van der Waals surface area contributed by atoms with Crippen LogP contribution in [0.1, 0.15) is 0 Å². The normalized spacial score (nSPS) is 8.90. The van der Waals surface area contributed by atoms with E-state index in [1.54, 1.807) is 24.5 Å². The minimum atomic E-state index is -0.476. The number of rotatable bonds is 1. The Hall–Kier alpha value is -1.45. The quantitative estimate of drug-likeness (QED) is 0.607. The van der Waals surface area contributed by atoms with E-state index in [9.17, 15) is 4.79 Å². The van der Waals surface area contributed by atoms with Crippen molar-refractivity contribution in [2.45, 2.75) is 0 Å². The first-order chi connectivity index (χ1) is 4.83. The summed E-state index contributed by atoms with van der Waals surface area (Å²) in [7, 11) is 1.51. The Morgan fingerprint density at radius 1 is 1.50 bits per heavy atom. The molecule has 0 radical (unpaired) electrons. The molecule has 1 aromatic heterocycles. The number of nitrogens with zero attached hydrogens (tertiary/aromatic N) is 1. The second kappa shape index (κ2) is 2.91. The van der Waals surface area contributed by atoms with E-state index in [0.717, 1.165) is 0 Å². The third kappa shape index (κ3) is 1.51. The Kier molecular flexibility index (Phi) is 1.94. The molecule has 0 saturated heterocycles. The van der Waals surface area contributed by atoms with Crippen LogP contribution in [-0.2, 0) is 0 Å². The first-order valence-electron chi connectivity index (χ1n) is 2.86. The predicted octanol–water partition coefficient (Wildman–Crippen LogP) is 0.256. The Labute approximate surface area is 58.4 Å². The summed E-state index contributed by atoms with van der Waals surface area (Å²) >= 11 is 0. The summed E-state index contributed by atoms with van der Waals surface area (Å²) in [6, 6.07) is 3.53. The molecule has 1 N–H and O–H groups in total. The third-order valence-corrected chi connectivity index (χ3v) is 0.970. The zero-order valence-electron chi connectivity index (χ0n) is 5.57. The van der Waals surface area contributed by atoms with Crippen LogP contribution in [0.5, 0.6) is 0 Å². The van der Waals surface area contributed by atoms with Crippen LogP contribution in [-0.4, -0.2) is 17.9 Å². The number of hydrogen-bond acceptors (Lipinski definition) is 2. The minimum Gasteiger partial charge on any atom is -0.323 e. The van der Waals surface area contributed by atoms with Crippen molar-refractivity contribution in [3.8, 4) is 0 Å². The lowest BCUT2D eigenvalue weighted by atomic mass is 10.7. The van der Waals surface area contributed by atoms with Crippen molar-refractivity contribution < 1.29 is 9.63 Å². The lowest BCUT2D eigenvalue weighted by molar-refractivity contribution is 0.136.